The summed E-state index contributed by atoms with van der Waals surface area (Å²) in [5, 5.41) is 8.38. The van der Waals surface area contributed by atoms with Gasteiger partial charge in [-0.05, 0) is 39.5 Å². The fourth-order valence-corrected chi connectivity index (χ4v) is 3.13. The predicted octanol–water partition coefficient (Wildman–Crippen LogP) is 2.77. The highest BCUT2D eigenvalue weighted by atomic mass is 16.6. The number of amides is 1. The van der Waals surface area contributed by atoms with Gasteiger partial charge in [-0.1, -0.05) is 13.8 Å². The van der Waals surface area contributed by atoms with Crippen molar-refractivity contribution in [3.63, 3.8) is 0 Å². The van der Waals surface area contributed by atoms with Crippen molar-refractivity contribution in [3.05, 3.63) is 18.2 Å². The Bertz CT molecular complexity index is 787. The van der Waals surface area contributed by atoms with Crippen molar-refractivity contribution in [1.82, 2.24) is 24.5 Å². The zero-order valence-corrected chi connectivity index (χ0v) is 17.0. The molecular weight excluding hydrogens is 344 g/mol. The molecule has 1 fully saturated rings. The van der Waals surface area contributed by atoms with Crippen LogP contribution in [0.25, 0.3) is 5.65 Å². The predicted molar refractivity (Wildman–Crippen MR) is 104 cm³/mol. The largest absolute Gasteiger partial charge is 0.444 e. The Morgan fingerprint density at radius 3 is 2.56 bits per heavy atom. The number of aromatic nitrogens is 4. The molecule has 0 unspecified atom stereocenters. The number of aryl methyl sites for hydroxylation is 1. The van der Waals surface area contributed by atoms with Gasteiger partial charge in [0, 0.05) is 38.1 Å². The zero-order valence-electron chi connectivity index (χ0n) is 17.0. The summed E-state index contributed by atoms with van der Waals surface area (Å²) in [6.45, 7) is 12.7. The average molecular weight is 374 g/mol. The number of ether oxygens (including phenoxy) is 1. The minimum Gasteiger partial charge on any atom is -0.444 e. The molecule has 0 atom stereocenters. The minimum atomic E-state index is -0.477. The number of piperazine rings is 1. The van der Waals surface area contributed by atoms with Gasteiger partial charge in [-0.2, -0.15) is 0 Å². The van der Waals surface area contributed by atoms with E-state index in [1.165, 1.54) is 0 Å². The molecule has 0 N–H and O–H groups in total. The molecule has 148 valence electrons. The fraction of sp³-hybridized carbons (Fsp3) is 0.684. The maximum absolute atomic E-state index is 12.2. The number of hydrogen-bond donors (Lipinski definition) is 0. The molecule has 3 heterocycles. The molecule has 8 nitrogen and oxygen atoms in total. The summed E-state index contributed by atoms with van der Waals surface area (Å²) in [4.78, 5) is 20.8. The molecule has 1 aliphatic rings. The first-order valence-corrected chi connectivity index (χ1v) is 9.65. The maximum Gasteiger partial charge on any atom is 0.410 e. The van der Waals surface area contributed by atoms with Gasteiger partial charge in [0.15, 0.2) is 5.82 Å². The van der Waals surface area contributed by atoms with Crippen molar-refractivity contribution in [2.75, 3.05) is 31.1 Å². The summed E-state index contributed by atoms with van der Waals surface area (Å²) >= 11 is 0. The van der Waals surface area contributed by atoms with Gasteiger partial charge in [-0.15, -0.1) is 10.2 Å². The Hall–Kier alpha value is -2.38. The summed E-state index contributed by atoms with van der Waals surface area (Å²) in [7, 11) is 0. The standard InChI is InChI=1S/C19H30N6O2/c1-14(2)6-7-15-12-20-16(17-22-21-13-25(15)17)23-8-10-24(11-9-23)18(26)27-19(3,4)5/h12-14H,6-11H2,1-5H3. The number of hydrogen-bond acceptors (Lipinski definition) is 6. The molecule has 0 saturated carbocycles. The van der Waals surface area contributed by atoms with E-state index in [1.54, 1.807) is 11.2 Å². The topological polar surface area (TPSA) is 75.9 Å². The van der Waals surface area contributed by atoms with E-state index < -0.39 is 5.60 Å². The van der Waals surface area contributed by atoms with Gasteiger partial charge in [0.2, 0.25) is 5.65 Å². The molecule has 1 amide bonds. The molecule has 27 heavy (non-hydrogen) atoms. The lowest BCUT2D eigenvalue weighted by Gasteiger charge is -2.36. The Morgan fingerprint density at radius 1 is 1.22 bits per heavy atom. The van der Waals surface area contributed by atoms with Crippen LogP contribution in [0, 0.1) is 5.92 Å². The van der Waals surface area contributed by atoms with Gasteiger partial charge < -0.3 is 14.5 Å². The number of fused-ring (bicyclic) bond motifs is 1. The van der Waals surface area contributed by atoms with Crippen molar-refractivity contribution < 1.29 is 9.53 Å². The first-order valence-electron chi connectivity index (χ1n) is 9.65. The smallest absolute Gasteiger partial charge is 0.410 e. The average Bonchev–Trinajstić information content (AvgIpc) is 3.08. The van der Waals surface area contributed by atoms with Gasteiger partial charge in [0.1, 0.15) is 11.9 Å². The monoisotopic (exact) mass is 374 g/mol. The second-order valence-electron chi connectivity index (χ2n) is 8.48. The molecule has 3 rings (SSSR count). The van der Waals surface area contributed by atoms with Crippen LogP contribution in [0.15, 0.2) is 12.5 Å². The van der Waals surface area contributed by atoms with Crippen molar-refractivity contribution in [2.24, 2.45) is 5.92 Å². The van der Waals surface area contributed by atoms with Crippen LogP contribution in [0.1, 0.15) is 46.7 Å². The first kappa shape index (κ1) is 19.4. The van der Waals surface area contributed by atoms with E-state index in [0.717, 1.165) is 30.0 Å². The van der Waals surface area contributed by atoms with E-state index >= 15 is 0 Å². The van der Waals surface area contributed by atoms with Crippen LogP contribution < -0.4 is 4.90 Å². The molecule has 2 aromatic rings. The molecule has 2 aromatic heterocycles. The lowest BCUT2D eigenvalue weighted by Crippen LogP contribution is -2.50. The summed E-state index contributed by atoms with van der Waals surface area (Å²) < 4.78 is 7.50. The zero-order chi connectivity index (χ0) is 19.6. The maximum atomic E-state index is 12.2. The number of nitrogens with zero attached hydrogens (tertiary/aromatic N) is 6. The molecule has 0 bridgehead atoms. The van der Waals surface area contributed by atoms with Crippen LogP contribution in [0.4, 0.5) is 10.6 Å². The van der Waals surface area contributed by atoms with E-state index in [-0.39, 0.29) is 6.09 Å². The van der Waals surface area contributed by atoms with E-state index in [1.807, 2.05) is 31.4 Å². The van der Waals surface area contributed by atoms with E-state index in [0.29, 0.717) is 32.1 Å². The number of anilines is 1. The molecule has 0 spiro atoms. The highest BCUT2D eigenvalue weighted by Crippen LogP contribution is 2.21. The normalized spacial score (nSPS) is 15.6. The Kier molecular flexibility index (Phi) is 5.53. The molecule has 1 aliphatic heterocycles. The van der Waals surface area contributed by atoms with Crippen LogP contribution in [-0.4, -0.2) is 62.4 Å². The molecule has 1 saturated heterocycles. The summed E-state index contributed by atoms with van der Waals surface area (Å²) in [6, 6.07) is 0. The van der Waals surface area contributed by atoms with Crippen molar-refractivity contribution in [3.8, 4) is 0 Å². The van der Waals surface area contributed by atoms with Crippen molar-refractivity contribution in [1.29, 1.82) is 0 Å². The minimum absolute atomic E-state index is 0.258. The van der Waals surface area contributed by atoms with E-state index in [9.17, 15) is 4.79 Å². The van der Waals surface area contributed by atoms with E-state index in [4.69, 9.17) is 4.74 Å². The summed E-state index contributed by atoms with van der Waals surface area (Å²) in [5.41, 5.74) is 1.43. The second-order valence-corrected chi connectivity index (χ2v) is 8.48. The molecule has 0 aromatic carbocycles. The Morgan fingerprint density at radius 2 is 1.93 bits per heavy atom. The number of carbonyl (C=O) groups is 1. The molecule has 0 aliphatic carbocycles. The van der Waals surface area contributed by atoms with Gasteiger partial charge >= 0.3 is 6.09 Å². The second kappa shape index (κ2) is 7.70. The van der Waals surface area contributed by atoms with Crippen molar-refractivity contribution in [2.45, 2.75) is 53.1 Å². The molecule has 0 radical (unpaired) electrons. The van der Waals surface area contributed by atoms with Crippen LogP contribution in [-0.2, 0) is 11.2 Å². The fourth-order valence-electron chi connectivity index (χ4n) is 3.13. The van der Waals surface area contributed by atoms with Gasteiger partial charge in [-0.3, -0.25) is 4.40 Å². The highest BCUT2D eigenvalue weighted by molar-refractivity contribution is 5.69. The van der Waals surface area contributed by atoms with Crippen LogP contribution >= 0.6 is 0 Å². The highest BCUT2D eigenvalue weighted by Gasteiger charge is 2.27. The Labute approximate surface area is 160 Å². The summed E-state index contributed by atoms with van der Waals surface area (Å²) in [6.07, 6.45) is 5.47. The lowest BCUT2D eigenvalue weighted by atomic mass is 10.1. The lowest BCUT2D eigenvalue weighted by molar-refractivity contribution is 0.0240. The van der Waals surface area contributed by atoms with Gasteiger partial charge in [0.05, 0.1) is 0 Å². The third-order valence-electron chi connectivity index (χ3n) is 4.60. The van der Waals surface area contributed by atoms with Crippen molar-refractivity contribution >= 4 is 17.6 Å². The third kappa shape index (κ3) is 4.67. The number of carbonyl (C=O) groups excluding carboxylic acids is 1. The molecule has 8 heteroatoms. The van der Waals surface area contributed by atoms with Gasteiger partial charge in [-0.25, -0.2) is 9.78 Å². The van der Waals surface area contributed by atoms with Crippen LogP contribution in [0.3, 0.4) is 0 Å². The quantitative estimate of drug-likeness (QED) is 0.819. The van der Waals surface area contributed by atoms with E-state index in [2.05, 4.69) is 33.9 Å². The number of rotatable bonds is 4. The third-order valence-corrected chi connectivity index (χ3v) is 4.60. The van der Waals surface area contributed by atoms with Crippen LogP contribution in [0.5, 0.6) is 0 Å². The molecular formula is C19H30N6O2. The Balaban J connectivity index is 1.70. The summed E-state index contributed by atoms with van der Waals surface area (Å²) in [5.74, 6) is 1.46. The van der Waals surface area contributed by atoms with Crippen LogP contribution in [0.2, 0.25) is 0 Å². The van der Waals surface area contributed by atoms with Gasteiger partial charge in [0.25, 0.3) is 0 Å². The first-order chi connectivity index (χ1) is 12.7. The SMILES string of the molecule is CC(C)CCc1cnc(N2CCN(C(=O)OC(C)(C)C)CC2)c2nncn12.